The fraction of sp³-hybridized carbons (Fsp3) is 0.235. The largest absolute Gasteiger partial charge is 0.507 e. The normalized spacial score (nSPS) is 10.4. The Morgan fingerprint density at radius 1 is 1.19 bits per heavy atom. The Balaban J connectivity index is 2.05. The molecular formula is C17H18FNO2. The maximum atomic E-state index is 12.9. The van der Waals surface area contributed by atoms with Gasteiger partial charge in [-0.25, -0.2) is 4.39 Å². The van der Waals surface area contributed by atoms with Gasteiger partial charge in [0.2, 0.25) is 0 Å². The van der Waals surface area contributed by atoms with Crippen LogP contribution in [0.4, 0.5) is 10.1 Å². The first-order chi connectivity index (χ1) is 10.1. The van der Waals surface area contributed by atoms with Gasteiger partial charge in [-0.1, -0.05) is 25.5 Å². The first kappa shape index (κ1) is 15.0. The molecule has 0 aliphatic heterocycles. The molecule has 2 aromatic rings. The predicted octanol–water partition coefficient (Wildman–Crippen LogP) is 4.13. The van der Waals surface area contributed by atoms with Gasteiger partial charge in [-0.15, -0.1) is 0 Å². The minimum Gasteiger partial charge on any atom is -0.507 e. The maximum absolute atomic E-state index is 12.9. The molecule has 1 amide bonds. The van der Waals surface area contributed by atoms with Crippen molar-refractivity contribution in [2.75, 3.05) is 5.32 Å². The summed E-state index contributed by atoms with van der Waals surface area (Å²) in [5, 5.41) is 12.3. The zero-order valence-corrected chi connectivity index (χ0v) is 11.9. The number of aryl methyl sites for hydroxylation is 1. The molecule has 0 aromatic heterocycles. The fourth-order valence-corrected chi connectivity index (χ4v) is 2.03. The predicted molar refractivity (Wildman–Crippen MR) is 81.1 cm³/mol. The molecule has 0 unspecified atom stereocenters. The van der Waals surface area contributed by atoms with Crippen LogP contribution in [0.15, 0.2) is 42.5 Å². The monoisotopic (exact) mass is 287 g/mol. The number of nitrogens with one attached hydrogen (secondary N) is 1. The Morgan fingerprint density at radius 2 is 1.90 bits per heavy atom. The van der Waals surface area contributed by atoms with Crippen molar-refractivity contribution in [3.8, 4) is 5.75 Å². The highest BCUT2D eigenvalue weighted by molar-refractivity contribution is 6.06. The summed E-state index contributed by atoms with van der Waals surface area (Å²) in [6.45, 7) is 2.14. The third-order valence-corrected chi connectivity index (χ3v) is 3.24. The lowest BCUT2D eigenvalue weighted by atomic mass is 10.1. The van der Waals surface area contributed by atoms with E-state index in [1.165, 1.54) is 11.6 Å². The van der Waals surface area contributed by atoms with Crippen molar-refractivity contribution in [2.24, 2.45) is 0 Å². The zero-order chi connectivity index (χ0) is 15.2. The van der Waals surface area contributed by atoms with Crippen LogP contribution < -0.4 is 5.32 Å². The van der Waals surface area contributed by atoms with Gasteiger partial charge in [0, 0.05) is 11.8 Å². The first-order valence-corrected chi connectivity index (χ1v) is 6.99. The molecule has 0 heterocycles. The molecule has 110 valence electrons. The van der Waals surface area contributed by atoms with Crippen LogP contribution in [0.5, 0.6) is 5.75 Å². The average molecular weight is 287 g/mol. The van der Waals surface area contributed by atoms with Gasteiger partial charge in [-0.3, -0.25) is 4.79 Å². The number of aromatic hydroxyl groups is 1. The van der Waals surface area contributed by atoms with E-state index in [0.29, 0.717) is 5.69 Å². The molecule has 0 aliphatic carbocycles. The third kappa shape index (κ3) is 4.05. The minimum atomic E-state index is -0.579. The second kappa shape index (κ2) is 6.88. The summed E-state index contributed by atoms with van der Waals surface area (Å²) in [6, 6.07) is 10.9. The highest BCUT2D eigenvalue weighted by Gasteiger charge is 2.11. The standard InChI is InChI=1S/C17H18FNO2/c1-2-3-4-12-5-8-14(9-6-12)19-17(21)15-10-7-13(18)11-16(15)20/h5-11,20H,2-4H2,1H3,(H,19,21). The van der Waals surface area contributed by atoms with Crippen molar-refractivity contribution in [3.63, 3.8) is 0 Å². The number of halogens is 1. The highest BCUT2D eigenvalue weighted by Crippen LogP contribution is 2.20. The van der Waals surface area contributed by atoms with Crippen LogP contribution in [0, 0.1) is 5.82 Å². The molecule has 21 heavy (non-hydrogen) atoms. The number of phenols is 1. The van der Waals surface area contributed by atoms with E-state index in [1.54, 1.807) is 0 Å². The lowest BCUT2D eigenvalue weighted by Gasteiger charge is -2.08. The number of carbonyl (C=O) groups is 1. The van der Waals surface area contributed by atoms with E-state index in [4.69, 9.17) is 0 Å². The molecule has 2 aromatic carbocycles. The van der Waals surface area contributed by atoms with E-state index < -0.39 is 11.7 Å². The zero-order valence-electron chi connectivity index (χ0n) is 11.9. The first-order valence-electron chi connectivity index (χ1n) is 6.99. The van der Waals surface area contributed by atoms with Gasteiger partial charge in [0.1, 0.15) is 11.6 Å². The van der Waals surface area contributed by atoms with Crippen molar-refractivity contribution in [3.05, 3.63) is 59.4 Å². The van der Waals surface area contributed by atoms with Gasteiger partial charge in [-0.2, -0.15) is 0 Å². The highest BCUT2D eigenvalue weighted by atomic mass is 19.1. The summed E-state index contributed by atoms with van der Waals surface area (Å²) in [5.41, 5.74) is 1.91. The van der Waals surface area contributed by atoms with Crippen LogP contribution in [0.2, 0.25) is 0 Å². The summed E-state index contributed by atoms with van der Waals surface area (Å²) in [7, 11) is 0. The SMILES string of the molecule is CCCCc1ccc(NC(=O)c2ccc(F)cc2O)cc1. The third-order valence-electron chi connectivity index (χ3n) is 3.24. The van der Waals surface area contributed by atoms with E-state index >= 15 is 0 Å². The van der Waals surface area contributed by atoms with Crippen LogP contribution in [-0.4, -0.2) is 11.0 Å². The second-order valence-corrected chi connectivity index (χ2v) is 4.92. The summed E-state index contributed by atoms with van der Waals surface area (Å²) >= 11 is 0. The Hall–Kier alpha value is -2.36. The number of carbonyl (C=O) groups excluding carboxylic acids is 1. The van der Waals surface area contributed by atoms with Gasteiger partial charge in [-0.05, 0) is 42.7 Å². The molecule has 2 N–H and O–H groups in total. The van der Waals surface area contributed by atoms with Gasteiger partial charge in [0.25, 0.3) is 5.91 Å². The van der Waals surface area contributed by atoms with Crippen LogP contribution in [0.1, 0.15) is 35.7 Å². The average Bonchev–Trinajstić information content (AvgIpc) is 2.46. The number of phenolic OH excluding ortho intramolecular Hbond substituents is 1. The Bertz CT molecular complexity index is 623. The molecule has 0 bridgehead atoms. The van der Waals surface area contributed by atoms with Gasteiger partial charge in [0.05, 0.1) is 5.56 Å². The van der Waals surface area contributed by atoms with Crippen molar-refractivity contribution in [2.45, 2.75) is 26.2 Å². The lowest BCUT2D eigenvalue weighted by Crippen LogP contribution is -2.12. The smallest absolute Gasteiger partial charge is 0.259 e. The molecule has 0 atom stereocenters. The Labute approximate surface area is 123 Å². The second-order valence-electron chi connectivity index (χ2n) is 4.92. The minimum absolute atomic E-state index is 0.0476. The van der Waals surface area contributed by atoms with E-state index in [1.807, 2.05) is 24.3 Å². The molecule has 0 radical (unpaired) electrons. The van der Waals surface area contributed by atoms with E-state index in [-0.39, 0.29) is 11.3 Å². The molecule has 4 heteroatoms. The van der Waals surface area contributed by atoms with Gasteiger partial charge >= 0.3 is 0 Å². The van der Waals surface area contributed by atoms with Crippen molar-refractivity contribution >= 4 is 11.6 Å². The van der Waals surface area contributed by atoms with Gasteiger partial charge < -0.3 is 10.4 Å². The maximum Gasteiger partial charge on any atom is 0.259 e. The van der Waals surface area contributed by atoms with Crippen molar-refractivity contribution in [1.82, 2.24) is 0 Å². The number of amides is 1. The Kier molecular flexibility index (Phi) is 4.93. The number of benzene rings is 2. The van der Waals surface area contributed by atoms with Crippen LogP contribution in [0.25, 0.3) is 0 Å². The van der Waals surface area contributed by atoms with E-state index in [9.17, 15) is 14.3 Å². The number of hydrogen-bond acceptors (Lipinski definition) is 2. The molecule has 0 aliphatic rings. The van der Waals surface area contributed by atoms with Crippen molar-refractivity contribution < 1.29 is 14.3 Å². The van der Waals surface area contributed by atoms with Crippen LogP contribution >= 0.6 is 0 Å². The van der Waals surface area contributed by atoms with Crippen LogP contribution in [-0.2, 0) is 6.42 Å². The van der Waals surface area contributed by atoms with Crippen molar-refractivity contribution in [1.29, 1.82) is 0 Å². The summed E-state index contributed by atoms with van der Waals surface area (Å²) < 4.78 is 12.9. The molecule has 0 fully saturated rings. The topological polar surface area (TPSA) is 49.3 Å². The fourth-order valence-electron chi connectivity index (χ4n) is 2.03. The Morgan fingerprint density at radius 3 is 2.52 bits per heavy atom. The van der Waals surface area contributed by atoms with E-state index in [0.717, 1.165) is 31.4 Å². The molecule has 0 saturated carbocycles. The number of unbranched alkanes of at least 4 members (excludes halogenated alkanes) is 1. The summed E-state index contributed by atoms with van der Waals surface area (Å²) in [5.74, 6) is -1.41. The van der Waals surface area contributed by atoms with Crippen LogP contribution in [0.3, 0.4) is 0 Å². The lowest BCUT2D eigenvalue weighted by molar-refractivity contribution is 0.102. The molecule has 2 rings (SSSR count). The van der Waals surface area contributed by atoms with E-state index in [2.05, 4.69) is 12.2 Å². The summed E-state index contributed by atoms with van der Waals surface area (Å²) in [6.07, 6.45) is 3.29. The quantitative estimate of drug-likeness (QED) is 0.868. The molecule has 3 nitrogen and oxygen atoms in total. The number of rotatable bonds is 5. The molecule has 0 spiro atoms. The molecular weight excluding hydrogens is 269 g/mol. The number of anilines is 1. The number of hydrogen-bond donors (Lipinski definition) is 2. The summed E-state index contributed by atoms with van der Waals surface area (Å²) in [4.78, 5) is 12.0. The molecule has 0 saturated heterocycles. The van der Waals surface area contributed by atoms with Gasteiger partial charge in [0.15, 0.2) is 0 Å².